The standard InChI is InChI=1S/C19H18N6S/c1-14-6-5-9-16(10-14)13-25-22-18(21-23-25)17-11-20-24(19(17)26)12-15-7-3-2-4-8-15/h2-11,26H,12-13H2,1H3. The molecular weight excluding hydrogens is 344 g/mol. The summed E-state index contributed by atoms with van der Waals surface area (Å²) in [5.41, 5.74) is 4.29. The van der Waals surface area contributed by atoms with Crippen LogP contribution >= 0.6 is 12.6 Å². The van der Waals surface area contributed by atoms with Crippen LogP contribution in [0.15, 0.2) is 65.8 Å². The normalized spacial score (nSPS) is 11.0. The van der Waals surface area contributed by atoms with E-state index in [1.165, 1.54) is 5.56 Å². The predicted molar refractivity (Wildman–Crippen MR) is 102 cm³/mol. The van der Waals surface area contributed by atoms with Gasteiger partial charge in [0.15, 0.2) is 0 Å². The molecule has 0 aliphatic rings. The van der Waals surface area contributed by atoms with Crippen molar-refractivity contribution in [1.29, 1.82) is 0 Å². The van der Waals surface area contributed by atoms with Crippen molar-refractivity contribution in [2.75, 3.05) is 0 Å². The number of rotatable bonds is 5. The molecule has 2 aromatic heterocycles. The van der Waals surface area contributed by atoms with E-state index in [2.05, 4.69) is 70.4 Å². The molecule has 4 aromatic rings. The monoisotopic (exact) mass is 362 g/mol. The largest absolute Gasteiger partial charge is 0.254 e. The molecule has 0 aliphatic carbocycles. The highest BCUT2D eigenvalue weighted by atomic mass is 32.1. The molecule has 0 aliphatic heterocycles. The summed E-state index contributed by atoms with van der Waals surface area (Å²) in [6, 6.07) is 18.4. The molecule has 0 N–H and O–H groups in total. The van der Waals surface area contributed by atoms with Gasteiger partial charge in [0, 0.05) is 0 Å². The SMILES string of the molecule is Cc1cccc(Cn2nnc(-c3cnn(Cc4ccccc4)c3S)n2)c1. The predicted octanol–water partition coefficient (Wildman–Crippen LogP) is 3.23. The van der Waals surface area contributed by atoms with E-state index in [1.807, 2.05) is 28.9 Å². The molecule has 0 unspecified atom stereocenters. The van der Waals surface area contributed by atoms with Crippen LogP contribution in [0.2, 0.25) is 0 Å². The van der Waals surface area contributed by atoms with E-state index in [0.29, 0.717) is 18.9 Å². The highest BCUT2D eigenvalue weighted by Crippen LogP contribution is 2.23. The minimum atomic E-state index is 0.530. The molecule has 2 heterocycles. The summed E-state index contributed by atoms with van der Waals surface area (Å²) < 4.78 is 1.83. The van der Waals surface area contributed by atoms with Crippen molar-refractivity contribution in [1.82, 2.24) is 30.0 Å². The number of benzene rings is 2. The summed E-state index contributed by atoms with van der Waals surface area (Å²) in [6.45, 7) is 3.30. The topological polar surface area (TPSA) is 61.4 Å². The lowest BCUT2D eigenvalue weighted by molar-refractivity contribution is 0.572. The minimum absolute atomic E-state index is 0.530. The van der Waals surface area contributed by atoms with Crippen molar-refractivity contribution in [3.05, 3.63) is 77.5 Å². The van der Waals surface area contributed by atoms with Gasteiger partial charge in [0.1, 0.15) is 5.03 Å². The van der Waals surface area contributed by atoms with Crippen LogP contribution in [0.3, 0.4) is 0 Å². The number of nitrogens with zero attached hydrogens (tertiary/aromatic N) is 6. The van der Waals surface area contributed by atoms with Gasteiger partial charge in [0.2, 0.25) is 5.82 Å². The van der Waals surface area contributed by atoms with Gasteiger partial charge in [0.25, 0.3) is 0 Å². The van der Waals surface area contributed by atoms with Crippen LogP contribution in [0.4, 0.5) is 0 Å². The zero-order chi connectivity index (χ0) is 17.9. The maximum absolute atomic E-state index is 4.61. The molecule has 0 fully saturated rings. The Bertz CT molecular complexity index is 1020. The van der Waals surface area contributed by atoms with Crippen LogP contribution in [0.25, 0.3) is 11.4 Å². The van der Waals surface area contributed by atoms with E-state index in [1.54, 1.807) is 11.0 Å². The maximum atomic E-state index is 4.61. The molecule has 26 heavy (non-hydrogen) atoms. The molecule has 2 aromatic carbocycles. The third kappa shape index (κ3) is 3.52. The Balaban J connectivity index is 1.54. The fourth-order valence-electron chi connectivity index (χ4n) is 2.80. The van der Waals surface area contributed by atoms with Crippen molar-refractivity contribution in [2.45, 2.75) is 25.0 Å². The van der Waals surface area contributed by atoms with Gasteiger partial charge in [-0.05, 0) is 23.3 Å². The summed E-state index contributed by atoms with van der Waals surface area (Å²) in [4.78, 5) is 1.59. The van der Waals surface area contributed by atoms with E-state index in [0.717, 1.165) is 21.7 Å². The molecule has 0 spiro atoms. The van der Waals surface area contributed by atoms with Crippen molar-refractivity contribution in [3.63, 3.8) is 0 Å². The van der Waals surface area contributed by atoms with Gasteiger partial charge in [-0.15, -0.1) is 22.8 Å². The van der Waals surface area contributed by atoms with Crippen molar-refractivity contribution in [2.24, 2.45) is 0 Å². The van der Waals surface area contributed by atoms with Crippen LogP contribution in [0.1, 0.15) is 16.7 Å². The lowest BCUT2D eigenvalue weighted by Crippen LogP contribution is -2.04. The fraction of sp³-hybridized carbons (Fsp3) is 0.158. The molecule has 0 saturated carbocycles. The third-order valence-corrected chi connectivity index (χ3v) is 4.56. The summed E-state index contributed by atoms with van der Waals surface area (Å²) in [7, 11) is 0. The smallest absolute Gasteiger partial charge is 0.209 e. The van der Waals surface area contributed by atoms with Gasteiger partial charge in [0.05, 0.1) is 24.8 Å². The molecule has 0 atom stereocenters. The Morgan fingerprint density at radius 2 is 1.77 bits per heavy atom. The first-order chi connectivity index (χ1) is 12.7. The van der Waals surface area contributed by atoms with Crippen LogP contribution in [0, 0.1) is 6.92 Å². The van der Waals surface area contributed by atoms with Crippen LogP contribution in [-0.2, 0) is 13.1 Å². The molecule has 6 nitrogen and oxygen atoms in total. The molecular formula is C19H18N6S. The molecule has 0 radical (unpaired) electrons. The Kier molecular flexibility index (Phi) is 4.53. The third-order valence-electron chi connectivity index (χ3n) is 4.09. The maximum Gasteiger partial charge on any atom is 0.209 e. The minimum Gasteiger partial charge on any atom is -0.254 e. The first kappa shape index (κ1) is 16.5. The van der Waals surface area contributed by atoms with Gasteiger partial charge in [-0.1, -0.05) is 60.2 Å². The summed E-state index contributed by atoms with van der Waals surface area (Å²) >= 11 is 4.61. The van der Waals surface area contributed by atoms with Gasteiger partial charge in [-0.25, -0.2) is 0 Å². The van der Waals surface area contributed by atoms with Gasteiger partial charge in [-0.3, -0.25) is 4.68 Å². The molecule has 7 heteroatoms. The summed E-state index contributed by atoms with van der Waals surface area (Å²) in [5.74, 6) is 0.530. The Morgan fingerprint density at radius 1 is 0.962 bits per heavy atom. The van der Waals surface area contributed by atoms with E-state index in [-0.39, 0.29) is 0 Å². The number of aryl methyl sites for hydroxylation is 1. The first-order valence-corrected chi connectivity index (χ1v) is 8.76. The fourth-order valence-corrected chi connectivity index (χ4v) is 3.08. The Morgan fingerprint density at radius 3 is 2.58 bits per heavy atom. The second-order valence-corrected chi connectivity index (χ2v) is 6.58. The van der Waals surface area contributed by atoms with Gasteiger partial charge < -0.3 is 0 Å². The highest BCUT2D eigenvalue weighted by molar-refractivity contribution is 7.80. The molecule has 0 bridgehead atoms. The average Bonchev–Trinajstić information content (AvgIpc) is 3.23. The number of aromatic nitrogens is 6. The second-order valence-electron chi connectivity index (χ2n) is 6.16. The molecule has 4 rings (SSSR count). The average molecular weight is 362 g/mol. The Labute approximate surface area is 156 Å². The Hall–Kier alpha value is -2.93. The number of hydrogen-bond donors (Lipinski definition) is 1. The van der Waals surface area contributed by atoms with Gasteiger partial charge in [-0.2, -0.15) is 9.90 Å². The number of tetrazole rings is 1. The second kappa shape index (κ2) is 7.13. The van der Waals surface area contributed by atoms with Gasteiger partial charge >= 0.3 is 0 Å². The summed E-state index contributed by atoms with van der Waals surface area (Å²) in [5, 5.41) is 17.9. The quantitative estimate of drug-likeness (QED) is 0.554. The number of thiol groups is 1. The van der Waals surface area contributed by atoms with Crippen molar-refractivity contribution in [3.8, 4) is 11.4 Å². The van der Waals surface area contributed by atoms with E-state index in [9.17, 15) is 0 Å². The zero-order valence-electron chi connectivity index (χ0n) is 14.3. The summed E-state index contributed by atoms with van der Waals surface area (Å²) in [6.07, 6.45) is 1.74. The molecule has 0 amide bonds. The van der Waals surface area contributed by atoms with Crippen LogP contribution in [-0.4, -0.2) is 30.0 Å². The van der Waals surface area contributed by atoms with E-state index < -0.39 is 0 Å². The van der Waals surface area contributed by atoms with Crippen LogP contribution < -0.4 is 0 Å². The van der Waals surface area contributed by atoms with Crippen LogP contribution in [0.5, 0.6) is 0 Å². The van der Waals surface area contributed by atoms with Crippen molar-refractivity contribution >= 4 is 12.6 Å². The molecule has 0 saturated heterocycles. The van der Waals surface area contributed by atoms with Crippen molar-refractivity contribution < 1.29 is 0 Å². The lowest BCUT2D eigenvalue weighted by atomic mass is 10.1. The highest BCUT2D eigenvalue weighted by Gasteiger charge is 2.15. The van der Waals surface area contributed by atoms with E-state index in [4.69, 9.17) is 0 Å². The van der Waals surface area contributed by atoms with E-state index >= 15 is 0 Å². The molecule has 130 valence electrons. The number of hydrogen-bond acceptors (Lipinski definition) is 5. The zero-order valence-corrected chi connectivity index (χ0v) is 15.2. The first-order valence-electron chi connectivity index (χ1n) is 8.31. The lowest BCUT2D eigenvalue weighted by Gasteiger charge is -2.04.